The van der Waals surface area contributed by atoms with Crippen LogP contribution in [0.2, 0.25) is 0 Å². The van der Waals surface area contributed by atoms with Crippen LogP contribution >= 0.6 is 0 Å². The van der Waals surface area contributed by atoms with Crippen molar-refractivity contribution in [2.75, 3.05) is 0 Å². The molecular weight excluding hydrogens is 645 g/mol. The molecule has 0 radical (unpaired) electrons. The predicted octanol–water partition coefficient (Wildman–Crippen LogP) is 13.5. The van der Waals surface area contributed by atoms with Gasteiger partial charge in [-0.3, -0.25) is 4.98 Å². The van der Waals surface area contributed by atoms with Crippen molar-refractivity contribution in [2.24, 2.45) is 0 Å². The molecule has 0 amide bonds. The average Bonchev–Trinajstić information content (AvgIpc) is 3.83. The smallest absolute Gasteiger partial charge is 0.143 e. The maximum absolute atomic E-state index is 6.41. The molecule has 3 aromatic heterocycles. The molecule has 0 aliphatic heterocycles. The molecule has 248 valence electrons. The Bertz CT molecular complexity index is 3320. The van der Waals surface area contributed by atoms with Gasteiger partial charge in [0, 0.05) is 50.6 Å². The molecule has 3 heterocycles. The third kappa shape index (κ3) is 3.71. The van der Waals surface area contributed by atoms with Gasteiger partial charge in [-0.1, -0.05) is 129 Å². The van der Waals surface area contributed by atoms with Crippen LogP contribution in [0.1, 0.15) is 25.0 Å². The number of para-hydroxylation sites is 2. The number of hydrogen-bond donors (Lipinski definition) is 0. The fraction of sp³-hybridized carbons (Fsp3) is 0.0600. The molecule has 0 fully saturated rings. The van der Waals surface area contributed by atoms with Gasteiger partial charge in [0.2, 0.25) is 0 Å². The van der Waals surface area contributed by atoms with Crippen LogP contribution in [0.5, 0.6) is 0 Å². The molecule has 0 spiro atoms. The lowest BCUT2D eigenvalue weighted by atomic mass is 9.81. The summed E-state index contributed by atoms with van der Waals surface area (Å²) in [6.45, 7) is 4.77. The van der Waals surface area contributed by atoms with Crippen LogP contribution in [0.15, 0.2) is 162 Å². The van der Waals surface area contributed by atoms with Crippen molar-refractivity contribution in [3.63, 3.8) is 0 Å². The molecule has 3 nitrogen and oxygen atoms in total. The van der Waals surface area contributed by atoms with E-state index in [0.29, 0.717) is 0 Å². The normalized spacial score (nSPS) is 13.6. The zero-order chi connectivity index (χ0) is 35.0. The van der Waals surface area contributed by atoms with Gasteiger partial charge >= 0.3 is 0 Å². The highest BCUT2D eigenvalue weighted by Gasteiger charge is 2.39. The van der Waals surface area contributed by atoms with E-state index in [1.807, 2.05) is 18.3 Å². The molecule has 0 bridgehead atoms. The molecular formula is C50H32N2O. The van der Waals surface area contributed by atoms with Crippen LogP contribution in [0.25, 0.3) is 104 Å². The number of fused-ring (bicyclic) bond motifs is 17. The van der Waals surface area contributed by atoms with Gasteiger partial charge in [0.25, 0.3) is 0 Å². The van der Waals surface area contributed by atoms with Gasteiger partial charge in [0.15, 0.2) is 0 Å². The molecule has 1 aliphatic carbocycles. The molecule has 8 aromatic carbocycles. The number of furan rings is 1. The average molecular weight is 677 g/mol. The van der Waals surface area contributed by atoms with E-state index in [-0.39, 0.29) is 5.41 Å². The highest BCUT2D eigenvalue weighted by atomic mass is 16.3. The summed E-state index contributed by atoms with van der Waals surface area (Å²) in [5.41, 5.74) is 12.8. The lowest BCUT2D eigenvalue weighted by molar-refractivity contribution is 0.661. The molecule has 53 heavy (non-hydrogen) atoms. The van der Waals surface area contributed by atoms with E-state index in [2.05, 4.69) is 158 Å². The van der Waals surface area contributed by atoms with Crippen molar-refractivity contribution in [1.29, 1.82) is 0 Å². The van der Waals surface area contributed by atoms with E-state index in [1.54, 1.807) is 0 Å². The van der Waals surface area contributed by atoms with Gasteiger partial charge in [0.1, 0.15) is 11.2 Å². The summed E-state index contributed by atoms with van der Waals surface area (Å²) in [7, 11) is 0. The predicted molar refractivity (Wildman–Crippen MR) is 221 cm³/mol. The Morgan fingerprint density at radius 1 is 0.491 bits per heavy atom. The largest absolute Gasteiger partial charge is 0.455 e. The minimum absolute atomic E-state index is 0.171. The zero-order valence-corrected chi connectivity index (χ0v) is 29.3. The minimum atomic E-state index is -0.171. The summed E-state index contributed by atoms with van der Waals surface area (Å²) in [6, 6.07) is 53.1. The van der Waals surface area contributed by atoms with Crippen LogP contribution in [0, 0.1) is 0 Å². The standard InChI is InChI=1S/C50H32N2O/c1-50(2)40-23-22-37-34-12-4-3-10-32(34)33-11-5-6-14-36(33)45(37)47(40)48-41(50)24-25-43-46(48)39-28-51-27-26-42(39)52(43)30-20-18-29(19-21-30)31-15-9-16-38-35-13-7-8-17-44(35)53-49(31)38/h3-28H,1-2H3. The van der Waals surface area contributed by atoms with Gasteiger partial charge in [-0.05, 0) is 90.5 Å². The van der Waals surface area contributed by atoms with Crippen molar-refractivity contribution >= 4 is 76.1 Å². The van der Waals surface area contributed by atoms with E-state index in [9.17, 15) is 0 Å². The van der Waals surface area contributed by atoms with Crippen LogP contribution in [0.4, 0.5) is 0 Å². The van der Waals surface area contributed by atoms with E-state index in [1.165, 1.54) is 70.9 Å². The minimum Gasteiger partial charge on any atom is -0.455 e. The zero-order valence-electron chi connectivity index (χ0n) is 29.3. The highest BCUT2D eigenvalue weighted by Crippen LogP contribution is 2.57. The summed E-state index contributed by atoms with van der Waals surface area (Å²) >= 11 is 0. The Morgan fingerprint density at radius 3 is 1.89 bits per heavy atom. The molecule has 11 aromatic rings. The summed E-state index contributed by atoms with van der Waals surface area (Å²) in [4.78, 5) is 4.72. The first kappa shape index (κ1) is 28.9. The monoisotopic (exact) mass is 676 g/mol. The van der Waals surface area contributed by atoms with Gasteiger partial charge in [0.05, 0.1) is 11.0 Å². The van der Waals surface area contributed by atoms with Crippen molar-refractivity contribution in [1.82, 2.24) is 9.55 Å². The first-order valence-corrected chi connectivity index (χ1v) is 18.4. The van der Waals surface area contributed by atoms with Crippen LogP contribution in [0.3, 0.4) is 0 Å². The second-order valence-corrected chi connectivity index (χ2v) is 15.1. The second kappa shape index (κ2) is 10.2. The number of nitrogens with zero attached hydrogens (tertiary/aromatic N) is 2. The number of benzene rings is 8. The van der Waals surface area contributed by atoms with Crippen LogP contribution < -0.4 is 0 Å². The Hall–Kier alpha value is -6.71. The maximum Gasteiger partial charge on any atom is 0.143 e. The summed E-state index contributed by atoms with van der Waals surface area (Å²) in [5, 5.41) is 12.5. The number of aromatic nitrogens is 2. The highest BCUT2D eigenvalue weighted by molar-refractivity contribution is 6.31. The van der Waals surface area contributed by atoms with E-state index in [0.717, 1.165) is 44.3 Å². The number of pyridine rings is 1. The molecule has 0 N–H and O–H groups in total. The number of rotatable bonds is 2. The summed E-state index contributed by atoms with van der Waals surface area (Å²) in [6.07, 6.45) is 3.98. The summed E-state index contributed by atoms with van der Waals surface area (Å²) < 4.78 is 8.83. The van der Waals surface area contributed by atoms with Gasteiger partial charge in [-0.25, -0.2) is 0 Å². The molecule has 1 aliphatic rings. The third-order valence-corrected chi connectivity index (χ3v) is 12.1. The Balaban J connectivity index is 1.14. The van der Waals surface area contributed by atoms with E-state index in [4.69, 9.17) is 9.40 Å². The lowest BCUT2D eigenvalue weighted by Crippen LogP contribution is -2.14. The molecule has 0 saturated carbocycles. The van der Waals surface area contributed by atoms with Crippen LogP contribution in [-0.2, 0) is 5.41 Å². The Labute approximate surface area is 305 Å². The second-order valence-electron chi connectivity index (χ2n) is 15.1. The molecule has 12 rings (SSSR count). The van der Waals surface area contributed by atoms with Crippen molar-refractivity contribution in [2.45, 2.75) is 19.3 Å². The fourth-order valence-corrected chi connectivity index (χ4v) is 9.70. The van der Waals surface area contributed by atoms with Crippen LogP contribution in [-0.4, -0.2) is 9.55 Å². The van der Waals surface area contributed by atoms with Gasteiger partial charge in [-0.15, -0.1) is 0 Å². The Morgan fingerprint density at radius 2 is 1.11 bits per heavy atom. The SMILES string of the molecule is CC1(C)c2ccc3c4ccccc4c4ccccc4c3c2-c2c1ccc1c2c2cnccc2n1-c1ccc(-c2cccc3c2oc2ccccc23)cc1. The van der Waals surface area contributed by atoms with Crippen molar-refractivity contribution < 1.29 is 4.42 Å². The molecule has 3 heteroatoms. The third-order valence-electron chi connectivity index (χ3n) is 12.1. The quantitative estimate of drug-likeness (QED) is 0.171. The van der Waals surface area contributed by atoms with Gasteiger partial charge < -0.3 is 8.98 Å². The van der Waals surface area contributed by atoms with Crippen molar-refractivity contribution in [3.8, 4) is 27.9 Å². The molecule has 0 unspecified atom stereocenters. The first-order chi connectivity index (χ1) is 26.1. The van der Waals surface area contributed by atoms with Crippen molar-refractivity contribution in [3.05, 3.63) is 169 Å². The fourth-order valence-electron chi connectivity index (χ4n) is 9.70. The molecule has 0 atom stereocenters. The van der Waals surface area contributed by atoms with Gasteiger partial charge in [-0.2, -0.15) is 0 Å². The number of hydrogen-bond acceptors (Lipinski definition) is 2. The van der Waals surface area contributed by atoms with E-state index < -0.39 is 0 Å². The Kier molecular flexibility index (Phi) is 5.57. The molecule has 0 saturated heterocycles. The first-order valence-electron chi connectivity index (χ1n) is 18.4. The summed E-state index contributed by atoms with van der Waals surface area (Å²) in [5.74, 6) is 0. The van der Waals surface area contributed by atoms with E-state index >= 15 is 0 Å². The lowest BCUT2D eigenvalue weighted by Gasteiger charge is -2.22. The topological polar surface area (TPSA) is 31.0 Å². The maximum atomic E-state index is 6.41.